The summed E-state index contributed by atoms with van der Waals surface area (Å²) in [5, 5.41) is 0. The van der Waals surface area contributed by atoms with Crippen LogP contribution in [0.4, 0.5) is 0 Å². The third kappa shape index (κ3) is 6.21. The van der Waals surface area contributed by atoms with Crippen LogP contribution in [0.1, 0.15) is 6.92 Å². The smallest absolute Gasteiger partial charge is 0.205 e. The van der Waals surface area contributed by atoms with Crippen molar-refractivity contribution >= 4 is 19.4 Å². The average molecular weight is 166 g/mol. The Bertz CT molecular complexity index is 108. The second-order valence-corrected chi connectivity index (χ2v) is 8.86. The Morgan fingerprint density at radius 1 is 1.44 bits per heavy atom. The van der Waals surface area contributed by atoms with Gasteiger partial charge in [0.15, 0.2) is 0 Å². The minimum Gasteiger partial charge on any atom is -0.335 e. The first kappa shape index (κ1) is 9.33. The highest BCUT2D eigenvalue weighted by atomic mass is 32.2. The molecule has 0 bridgehead atoms. The molecule has 0 spiro atoms. The van der Waals surface area contributed by atoms with Crippen molar-refractivity contribution in [2.24, 2.45) is 0 Å². The van der Waals surface area contributed by atoms with Gasteiger partial charge in [0.25, 0.3) is 0 Å². The predicted molar refractivity (Wildman–Crippen MR) is 43.1 cm³/mol. The summed E-state index contributed by atoms with van der Waals surface area (Å²) >= 11 is -1.03. The van der Waals surface area contributed by atoms with Crippen molar-refractivity contribution in [3.63, 3.8) is 0 Å². The van der Waals surface area contributed by atoms with E-state index in [1.54, 1.807) is 0 Å². The molecule has 0 rings (SSSR count). The monoisotopic (exact) mass is 166 g/mol. The lowest BCUT2D eigenvalue weighted by Gasteiger charge is -2.13. The maximum atomic E-state index is 10.8. The van der Waals surface area contributed by atoms with Crippen molar-refractivity contribution in [2.45, 2.75) is 26.6 Å². The molecule has 9 heavy (non-hydrogen) atoms. The van der Waals surface area contributed by atoms with E-state index in [0.717, 1.165) is 0 Å². The van der Waals surface area contributed by atoms with Crippen LogP contribution in [0, 0.1) is 0 Å². The maximum Gasteiger partial charge on any atom is 0.205 e. The number of hydrogen-bond acceptors (Lipinski definition) is 2. The van der Waals surface area contributed by atoms with Crippen LogP contribution in [0.3, 0.4) is 0 Å². The molecule has 0 aromatic rings. The van der Waals surface area contributed by atoms with Gasteiger partial charge in [0, 0.05) is 5.75 Å². The fraction of sp³-hybridized carbons (Fsp3) is 1.00. The SMILES string of the molecule is CCS(=O)O[Si](C)(C)C. The first-order valence-corrected chi connectivity index (χ1v) is 7.69. The quantitative estimate of drug-likeness (QED) is 0.594. The normalized spacial score (nSPS) is 15.6. The van der Waals surface area contributed by atoms with Gasteiger partial charge in [-0.3, -0.25) is 0 Å². The van der Waals surface area contributed by atoms with Gasteiger partial charge in [0.2, 0.25) is 8.32 Å². The summed E-state index contributed by atoms with van der Waals surface area (Å²) in [4.78, 5) is 0. The molecule has 0 aliphatic carbocycles. The summed E-state index contributed by atoms with van der Waals surface area (Å²) < 4.78 is 15.9. The highest BCUT2D eigenvalue weighted by molar-refractivity contribution is 7.81. The van der Waals surface area contributed by atoms with E-state index in [-0.39, 0.29) is 0 Å². The molecule has 0 radical (unpaired) electrons. The van der Waals surface area contributed by atoms with Gasteiger partial charge in [0.1, 0.15) is 11.1 Å². The van der Waals surface area contributed by atoms with Crippen LogP contribution in [0.25, 0.3) is 0 Å². The van der Waals surface area contributed by atoms with Gasteiger partial charge < -0.3 is 3.87 Å². The number of hydrogen-bond donors (Lipinski definition) is 0. The Morgan fingerprint density at radius 3 is 2.00 bits per heavy atom. The van der Waals surface area contributed by atoms with Crippen LogP contribution in [-0.4, -0.2) is 18.3 Å². The van der Waals surface area contributed by atoms with Gasteiger partial charge in [-0.15, -0.1) is 0 Å². The van der Waals surface area contributed by atoms with Crippen molar-refractivity contribution in [3.05, 3.63) is 0 Å². The summed E-state index contributed by atoms with van der Waals surface area (Å²) in [7, 11) is -1.54. The lowest BCUT2D eigenvalue weighted by Crippen LogP contribution is -2.26. The molecule has 0 aromatic carbocycles. The molecule has 1 unspecified atom stereocenters. The first-order chi connectivity index (χ1) is 3.95. The van der Waals surface area contributed by atoms with E-state index in [0.29, 0.717) is 5.75 Å². The molecule has 0 aliphatic heterocycles. The largest absolute Gasteiger partial charge is 0.335 e. The predicted octanol–water partition coefficient (Wildman–Crippen LogP) is 1.52. The number of rotatable bonds is 3. The third-order valence-corrected chi connectivity index (χ3v) is 3.79. The molecule has 0 amide bonds. The van der Waals surface area contributed by atoms with Crippen LogP contribution in [0.2, 0.25) is 19.6 Å². The fourth-order valence-corrected chi connectivity index (χ4v) is 3.04. The van der Waals surface area contributed by atoms with Gasteiger partial charge in [-0.25, -0.2) is 4.21 Å². The highest BCUT2D eigenvalue weighted by Gasteiger charge is 2.17. The fourth-order valence-electron chi connectivity index (χ4n) is 0.338. The molecule has 0 aliphatic rings. The summed E-state index contributed by atoms with van der Waals surface area (Å²) in [6.07, 6.45) is 0. The van der Waals surface area contributed by atoms with Crippen molar-refractivity contribution < 1.29 is 8.08 Å². The Hall–Kier alpha value is 0.327. The van der Waals surface area contributed by atoms with Crippen molar-refractivity contribution in [2.75, 3.05) is 5.75 Å². The second-order valence-electron chi connectivity index (χ2n) is 2.79. The van der Waals surface area contributed by atoms with Crippen molar-refractivity contribution in [1.82, 2.24) is 0 Å². The first-order valence-electron chi connectivity index (χ1n) is 3.03. The summed E-state index contributed by atoms with van der Waals surface area (Å²) in [6, 6.07) is 0. The van der Waals surface area contributed by atoms with Crippen LogP contribution < -0.4 is 0 Å². The van der Waals surface area contributed by atoms with E-state index < -0.39 is 19.4 Å². The zero-order chi connectivity index (χ0) is 7.49. The van der Waals surface area contributed by atoms with Crippen LogP contribution >= 0.6 is 0 Å². The van der Waals surface area contributed by atoms with Crippen molar-refractivity contribution in [1.29, 1.82) is 0 Å². The zero-order valence-electron chi connectivity index (χ0n) is 6.43. The second kappa shape index (κ2) is 3.48. The van der Waals surface area contributed by atoms with Crippen LogP contribution in [-0.2, 0) is 15.0 Å². The van der Waals surface area contributed by atoms with Crippen molar-refractivity contribution in [3.8, 4) is 0 Å². The van der Waals surface area contributed by atoms with Gasteiger partial charge in [-0.05, 0) is 19.6 Å². The van der Waals surface area contributed by atoms with Gasteiger partial charge in [-0.2, -0.15) is 0 Å². The maximum absolute atomic E-state index is 10.8. The Morgan fingerprint density at radius 2 is 1.89 bits per heavy atom. The standard InChI is InChI=1S/C5H14O2SSi/c1-5-8(6)7-9(2,3)4/h5H2,1-4H3. The topological polar surface area (TPSA) is 26.3 Å². The molecule has 2 nitrogen and oxygen atoms in total. The molecule has 0 fully saturated rings. The summed E-state index contributed by atoms with van der Waals surface area (Å²) in [5.41, 5.74) is 0. The molecular weight excluding hydrogens is 152 g/mol. The van der Waals surface area contributed by atoms with Gasteiger partial charge >= 0.3 is 0 Å². The Balaban J connectivity index is 3.60. The van der Waals surface area contributed by atoms with Gasteiger partial charge in [-0.1, -0.05) is 6.92 Å². The average Bonchev–Trinajstić information content (AvgIpc) is 1.62. The lowest BCUT2D eigenvalue weighted by molar-refractivity contribution is 0.564. The van der Waals surface area contributed by atoms with E-state index in [9.17, 15) is 4.21 Å². The Labute approximate surface area is 60.4 Å². The minimum absolute atomic E-state index is 0.601. The lowest BCUT2D eigenvalue weighted by atomic mass is 11.0. The summed E-state index contributed by atoms with van der Waals surface area (Å²) in [6.45, 7) is 7.94. The van der Waals surface area contributed by atoms with Crippen LogP contribution in [0.15, 0.2) is 0 Å². The molecule has 0 saturated carbocycles. The molecule has 0 N–H and O–H groups in total. The molecule has 56 valence electrons. The van der Waals surface area contributed by atoms with E-state index in [1.807, 2.05) is 26.6 Å². The zero-order valence-corrected chi connectivity index (χ0v) is 8.25. The molecule has 4 heteroatoms. The highest BCUT2D eigenvalue weighted by Crippen LogP contribution is 2.04. The molecule has 1 atom stereocenters. The van der Waals surface area contributed by atoms with E-state index in [2.05, 4.69) is 0 Å². The molecule has 0 aromatic heterocycles. The third-order valence-electron chi connectivity index (χ3n) is 0.579. The van der Waals surface area contributed by atoms with E-state index >= 15 is 0 Å². The van der Waals surface area contributed by atoms with E-state index in [1.165, 1.54) is 0 Å². The summed E-state index contributed by atoms with van der Waals surface area (Å²) in [5.74, 6) is 0.601. The van der Waals surface area contributed by atoms with E-state index in [4.69, 9.17) is 3.87 Å². The van der Waals surface area contributed by atoms with Crippen LogP contribution in [0.5, 0.6) is 0 Å². The van der Waals surface area contributed by atoms with Gasteiger partial charge in [0.05, 0.1) is 0 Å². The minimum atomic E-state index is -1.54. The molecule has 0 heterocycles. The molecular formula is C5H14O2SSi. The molecule has 0 saturated heterocycles. The Kier molecular flexibility index (Phi) is 3.61.